The van der Waals surface area contributed by atoms with E-state index < -0.39 is 5.97 Å². The third-order valence-electron chi connectivity index (χ3n) is 8.33. The van der Waals surface area contributed by atoms with Gasteiger partial charge in [-0.2, -0.15) is 0 Å². The minimum Gasteiger partial charge on any atom is -0.478 e. The number of rotatable bonds is 7. The van der Waals surface area contributed by atoms with Crippen molar-refractivity contribution < 1.29 is 19.1 Å². The topological polar surface area (TPSA) is 95.2 Å². The van der Waals surface area contributed by atoms with Crippen LogP contribution in [0.4, 0.5) is 11.4 Å². The van der Waals surface area contributed by atoms with Gasteiger partial charge in [0.05, 0.1) is 36.2 Å². The zero-order valence-electron chi connectivity index (χ0n) is 23.6. The molecule has 0 spiro atoms. The van der Waals surface area contributed by atoms with Gasteiger partial charge < -0.3 is 24.5 Å². The first-order valence-electron chi connectivity index (χ1n) is 14.1. The predicted octanol–water partition coefficient (Wildman–Crippen LogP) is 5.47. The summed E-state index contributed by atoms with van der Waals surface area (Å²) in [5, 5.41) is 13.5. The monoisotopic (exact) mass is 553 g/mol. The second kappa shape index (κ2) is 11.0. The van der Waals surface area contributed by atoms with Crippen molar-refractivity contribution in [2.75, 3.05) is 49.6 Å². The Morgan fingerprint density at radius 2 is 1.71 bits per heavy atom. The minimum atomic E-state index is -1.00. The van der Waals surface area contributed by atoms with Crippen molar-refractivity contribution in [1.29, 1.82) is 0 Å². The Balaban J connectivity index is 1.31. The molecule has 0 amide bonds. The van der Waals surface area contributed by atoms with E-state index >= 15 is 0 Å². The van der Waals surface area contributed by atoms with Crippen LogP contribution in [0, 0.1) is 13.8 Å². The molecule has 1 aromatic heterocycles. The van der Waals surface area contributed by atoms with Crippen molar-refractivity contribution in [1.82, 2.24) is 4.90 Å². The number of hydrogen-bond donors (Lipinski definition) is 2. The quantitative estimate of drug-likeness (QED) is 0.311. The number of carbonyl (C=O) groups is 1. The lowest BCUT2D eigenvalue weighted by Gasteiger charge is -2.43. The number of anilines is 2. The molecule has 2 fully saturated rings. The standard InChI is InChI=1S/C33H35N3O5/c1-20-16-27(22(3)34-29-7-5-4-6-26(29)33(38)39)32-28(17-20)30(37)21(2)31(41-32)23-8-10-24(11-9-23)35-12-14-36(15-13-35)25-18-40-19-25/h4-11,16-17,22,25,34H,12-15,18-19H2,1-3H3,(H,38,39). The first kappa shape index (κ1) is 27.1. The van der Waals surface area contributed by atoms with Crippen LogP contribution in [0.5, 0.6) is 0 Å². The molecule has 212 valence electrons. The van der Waals surface area contributed by atoms with Crippen LogP contribution in [0.15, 0.2) is 69.9 Å². The van der Waals surface area contributed by atoms with Gasteiger partial charge in [0.2, 0.25) is 0 Å². The highest BCUT2D eigenvalue weighted by Gasteiger charge is 2.29. The SMILES string of the molecule is Cc1cc(C(C)Nc2ccccc2C(=O)O)c2oc(-c3ccc(N4CCN(C5COC5)CC4)cc3)c(C)c(=O)c2c1. The van der Waals surface area contributed by atoms with E-state index in [4.69, 9.17) is 9.15 Å². The molecular weight excluding hydrogens is 518 g/mol. The Morgan fingerprint density at radius 3 is 2.37 bits per heavy atom. The molecule has 4 aromatic rings. The molecule has 41 heavy (non-hydrogen) atoms. The highest BCUT2D eigenvalue weighted by atomic mass is 16.5. The van der Waals surface area contributed by atoms with Crippen LogP contribution in [-0.2, 0) is 4.74 Å². The maximum absolute atomic E-state index is 13.6. The molecule has 8 heteroatoms. The van der Waals surface area contributed by atoms with Gasteiger partial charge in [0.15, 0.2) is 5.43 Å². The molecule has 0 aliphatic carbocycles. The van der Waals surface area contributed by atoms with Gasteiger partial charge in [-0.15, -0.1) is 0 Å². The molecule has 0 bridgehead atoms. The number of ether oxygens (including phenoxy) is 1. The van der Waals surface area contributed by atoms with Gasteiger partial charge in [-0.1, -0.05) is 18.2 Å². The fourth-order valence-electron chi connectivity index (χ4n) is 5.87. The maximum Gasteiger partial charge on any atom is 0.337 e. The van der Waals surface area contributed by atoms with Gasteiger partial charge in [-0.25, -0.2) is 4.79 Å². The highest BCUT2D eigenvalue weighted by molar-refractivity contribution is 5.94. The van der Waals surface area contributed by atoms with Crippen LogP contribution in [0.2, 0.25) is 0 Å². The van der Waals surface area contributed by atoms with Crippen molar-refractivity contribution in [3.63, 3.8) is 0 Å². The van der Waals surface area contributed by atoms with Crippen molar-refractivity contribution in [2.45, 2.75) is 32.9 Å². The van der Waals surface area contributed by atoms with Crippen molar-refractivity contribution in [3.8, 4) is 11.3 Å². The van der Waals surface area contributed by atoms with E-state index in [2.05, 4.69) is 27.2 Å². The third kappa shape index (κ3) is 5.21. The van der Waals surface area contributed by atoms with Crippen LogP contribution in [0.1, 0.15) is 40.0 Å². The summed E-state index contributed by atoms with van der Waals surface area (Å²) in [6, 6.07) is 19.2. The largest absolute Gasteiger partial charge is 0.478 e. The van der Waals surface area contributed by atoms with E-state index in [0.29, 0.717) is 34.0 Å². The molecule has 3 heterocycles. The molecular formula is C33H35N3O5. The summed E-state index contributed by atoms with van der Waals surface area (Å²) in [6.45, 7) is 11.4. The van der Waals surface area contributed by atoms with E-state index in [0.717, 1.165) is 61.8 Å². The van der Waals surface area contributed by atoms with E-state index in [9.17, 15) is 14.7 Å². The number of carboxylic acids is 1. The average Bonchev–Trinajstić information content (AvgIpc) is 2.94. The zero-order valence-corrected chi connectivity index (χ0v) is 23.6. The second-order valence-corrected chi connectivity index (χ2v) is 11.1. The van der Waals surface area contributed by atoms with Crippen molar-refractivity contribution >= 4 is 28.3 Å². The first-order chi connectivity index (χ1) is 19.8. The summed E-state index contributed by atoms with van der Waals surface area (Å²) < 4.78 is 11.9. The van der Waals surface area contributed by atoms with Gasteiger partial charge in [0.25, 0.3) is 0 Å². The van der Waals surface area contributed by atoms with Crippen molar-refractivity contribution in [3.05, 3.63) is 93.1 Å². The molecule has 1 atom stereocenters. The first-order valence-corrected chi connectivity index (χ1v) is 14.1. The van der Waals surface area contributed by atoms with Gasteiger partial charge in [-0.05, 0) is 68.8 Å². The summed E-state index contributed by atoms with van der Waals surface area (Å²) in [7, 11) is 0. The smallest absolute Gasteiger partial charge is 0.337 e. The number of fused-ring (bicyclic) bond motifs is 1. The number of carboxylic acid groups (broad SMARTS) is 1. The van der Waals surface area contributed by atoms with Crippen molar-refractivity contribution in [2.24, 2.45) is 0 Å². The number of nitrogens with zero attached hydrogens (tertiary/aromatic N) is 2. The van der Waals surface area contributed by atoms with E-state index in [1.165, 1.54) is 0 Å². The van der Waals surface area contributed by atoms with Crippen LogP contribution >= 0.6 is 0 Å². The van der Waals surface area contributed by atoms with Gasteiger partial charge in [0.1, 0.15) is 11.3 Å². The van der Waals surface area contributed by atoms with Crippen LogP contribution in [0.25, 0.3) is 22.3 Å². The minimum absolute atomic E-state index is 0.0653. The molecule has 2 saturated heterocycles. The molecule has 2 N–H and O–H groups in total. The molecule has 2 aliphatic heterocycles. The fraction of sp³-hybridized carbons (Fsp3) is 0.333. The Bertz CT molecular complexity index is 1650. The lowest BCUT2D eigenvalue weighted by atomic mass is 9.98. The molecule has 8 nitrogen and oxygen atoms in total. The van der Waals surface area contributed by atoms with Gasteiger partial charge in [0, 0.05) is 54.2 Å². The molecule has 1 unspecified atom stereocenters. The Hall–Kier alpha value is -4.14. The average molecular weight is 554 g/mol. The second-order valence-electron chi connectivity index (χ2n) is 11.1. The maximum atomic E-state index is 13.6. The lowest BCUT2D eigenvalue weighted by Crippen LogP contribution is -2.56. The number of hydrogen-bond acceptors (Lipinski definition) is 7. The highest BCUT2D eigenvalue weighted by Crippen LogP contribution is 2.33. The number of aryl methyl sites for hydroxylation is 1. The summed E-state index contributed by atoms with van der Waals surface area (Å²) >= 11 is 0. The van der Waals surface area contributed by atoms with Crippen LogP contribution < -0.4 is 15.6 Å². The molecule has 0 saturated carbocycles. The van der Waals surface area contributed by atoms with E-state index in [-0.39, 0.29) is 17.0 Å². The third-order valence-corrected chi connectivity index (χ3v) is 8.33. The normalized spacial score (nSPS) is 16.9. The molecule has 6 rings (SSSR count). The molecule has 0 radical (unpaired) electrons. The number of aromatic carboxylic acids is 1. The number of para-hydroxylation sites is 1. The summed E-state index contributed by atoms with van der Waals surface area (Å²) in [6.07, 6.45) is 0. The molecule has 3 aromatic carbocycles. The Kier molecular flexibility index (Phi) is 7.28. The van der Waals surface area contributed by atoms with Crippen LogP contribution in [0.3, 0.4) is 0 Å². The number of nitrogens with one attached hydrogen (secondary N) is 1. The summed E-state index contributed by atoms with van der Waals surface area (Å²) in [5.74, 6) is -0.454. The fourth-order valence-corrected chi connectivity index (χ4v) is 5.87. The number of benzene rings is 3. The molecule has 2 aliphatic rings. The van der Waals surface area contributed by atoms with E-state index in [1.807, 2.05) is 45.0 Å². The van der Waals surface area contributed by atoms with Gasteiger partial charge in [-0.3, -0.25) is 9.69 Å². The van der Waals surface area contributed by atoms with Gasteiger partial charge >= 0.3 is 5.97 Å². The predicted molar refractivity (Wildman–Crippen MR) is 161 cm³/mol. The summed E-state index contributed by atoms with van der Waals surface area (Å²) in [5.41, 5.74) is 5.44. The summed E-state index contributed by atoms with van der Waals surface area (Å²) in [4.78, 5) is 30.3. The Labute approximate surface area is 239 Å². The zero-order chi connectivity index (χ0) is 28.7. The lowest BCUT2D eigenvalue weighted by molar-refractivity contribution is -0.0660. The van der Waals surface area contributed by atoms with E-state index in [1.54, 1.807) is 24.3 Å². The van der Waals surface area contributed by atoms with Crippen LogP contribution in [-0.4, -0.2) is 61.4 Å². The Morgan fingerprint density at radius 1 is 1.00 bits per heavy atom. The number of piperazine rings is 1.